The molecule has 0 saturated heterocycles. The number of rotatable bonds is 1. The van der Waals surface area contributed by atoms with Gasteiger partial charge in [-0.05, 0) is 50.7 Å². The van der Waals surface area contributed by atoms with Crippen LogP contribution in [0.15, 0.2) is 42.5 Å². The molecule has 0 atom stereocenters. The van der Waals surface area contributed by atoms with Crippen LogP contribution in [0.3, 0.4) is 0 Å². The molecule has 0 spiro atoms. The van der Waals surface area contributed by atoms with Gasteiger partial charge in [-0.25, -0.2) is 4.39 Å². The SMILES string of the molecule is C/C=C/C1CCC(C#Cc2cccc3c(F)c(C(F)(F)F)ccc23)CC1. The second kappa shape index (κ2) is 7.53. The Morgan fingerprint density at radius 3 is 2.38 bits per heavy atom. The van der Waals surface area contributed by atoms with Gasteiger partial charge >= 0.3 is 6.18 Å². The van der Waals surface area contributed by atoms with Crippen LogP contribution in [0.25, 0.3) is 10.8 Å². The van der Waals surface area contributed by atoms with E-state index in [2.05, 4.69) is 24.0 Å². The van der Waals surface area contributed by atoms with Crippen molar-refractivity contribution in [1.29, 1.82) is 0 Å². The van der Waals surface area contributed by atoms with Crippen molar-refractivity contribution >= 4 is 10.8 Å². The van der Waals surface area contributed by atoms with Gasteiger partial charge in [0.25, 0.3) is 0 Å². The Labute approximate surface area is 150 Å². The summed E-state index contributed by atoms with van der Waals surface area (Å²) in [4.78, 5) is 0. The Morgan fingerprint density at radius 1 is 1.00 bits per heavy atom. The lowest BCUT2D eigenvalue weighted by Gasteiger charge is -2.23. The molecule has 0 bridgehead atoms. The molecular weight excluding hydrogens is 340 g/mol. The summed E-state index contributed by atoms with van der Waals surface area (Å²) in [6.45, 7) is 2.02. The van der Waals surface area contributed by atoms with Crippen LogP contribution in [0.4, 0.5) is 17.6 Å². The van der Waals surface area contributed by atoms with Crippen LogP contribution in [0.1, 0.15) is 43.7 Å². The first-order valence-electron chi connectivity index (χ1n) is 8.83. The smallest absolute Gasteiger partial charge is 0.206 e. The molecule has 0 aromatic heterocycles. The molecule has 0 heterocycles. The Hall–Kier alpha value is -2.28. The van der Waals surface area contributed by atoms with Crippen molar-refractivity contribution in [1.82, 2.24) is 0 Å². The number of hydrogen-bond donors (Lipinski definition) is 0. The second-order valence-electron chi connectivity index (χ2n) is 6.73. The first kappa shape index (κ1) is 18.5. The third kappa shape index (κ3) is 3.93. The minimum atomic E-state index is -4.70. The summed E-state index contributed by atoms with van der Waals surface area (Å²) < 4.78 is 52.9. The monoisotopic (exact) mass is 360 g/mol. The fourth-order valence-electron chi connectivity index (χ4n) is 3.56. The van der Waals surface area contributed by atoms with Gasteiger partial charge in [0, 0.05) is 22.3 Å². The van der Waals surface area contributed by atoms with E-state index in [1.165, 1.54) is 12.1 Å². The highest BCUT2D eigenvalue weighted by atomic mass is 19.4. The zero-order valence-electron chi connectivity index (χ0n) is 14.5. The molecule has 1 fully saturated rings. The molecule has 136 valence electrons. The number of benzene rings is 2. The largest absolute Gasteiger partial charge is 0.419 e. The third-order valence-electron chi connectivity index (χ3n) is 4.95. The topological polar surface area (TPSA) is 0 Å². The van der Waals surface area contributed by atoms with Crippen molar-refractivity contribution in [3.63, 3.8) is 0 Å². The molecule has 0 aliphatic heterocycles. The van der Waals surface area contributed by atoms with Gasteiger partial charge in [0.2, 0.25) is 0 Å². The van der Waals surface area contributed by atoms with Gasteiger partial charge in [0.15, 0.2) is 0 Å². The van der Waals surface area contributed by atoms with Gasteiger partial charge in [-0.15, -0.1) is 0 Å². The van der Waals surface area contributed by atoms with E-state index >= 15 is 0 Å². The van der Waals surface area contributed by atoms with Gasteiger partial charge in [-0.2, -0.15) is 13.2 Å². The normalized spacial score (nSPS) is 21.0. The quantitative estimate of drug-likeness (QED) is 0.300. The minimum Gasteiger partial charge on any atom is -0.206 e. The average Bonchev–Trinajstić information content (AvgIpc) is 2.61. The standard InChI is InChI=1S/C22H20F4/c1-2-4-15-7-9-16(10-8-15)11-12-17-5-3-6-19-18(17)13-14-20(21(19)23)22(24,25)26/h2-6,13-16H,7-10H2,1H3/b4-2+. The lowest BCUT2D eigenvalue weighted by Crippen LogP contribution is -2.11. The molecule has 2 aromatic carbocycles. The molecule has 2 aromatic rings. The maximum Gasteiger partial charge on any atom is 0.419 e. The van der Waals surface area contributed by atoms with Crippen molar-refractivity contribution in [2.75, 3.05) is 0 Å². The molecule has 0 N–H and O–H groups in total. The van der Waals surface area contributed by atoms with Crippen molar-refractivity contribution < 1.29 is 17.6 Å². The predicted molar refractivity (Wildman–Crippen MR) is 96.0 cm³/mol. The minimum absolute atomic E-state index is 0.0385. The Balaban J connectivity index is 1.88. The summed E-state index contributed by atoms with van der Waals surface area (Å²) in [5.74, 6) is 5.98. The van der Waals surface area contributed by atoms with Crippen LogP contribution < -0.4 is 0 Å². The molecule has 26 heavy (non-hydrogen) atoms. The highest BCUT2D eigenvalue weighted by molar-refractivity contribution is 5.89. The van der Waals surface area contributed by atoms with E-state index in [0.29, 0.717) is 16.9 Å². The van der Waals surface area contributed by atoms with E-state index in [-0.39, 0.29) is 11.3 Å². The van der Waals surface area contributed by atoms with Gasteiger partial charge in [0.05, 0.1) is 5.56 Å². The Kier molecular flexibility index (Phi) is 5.36. The van der Waals surface area contributed by atoms with E-state index in [9.17, 15) is 17.6 Å². The predicted octanol–water partition coefficient (Wildman–Crippen LogP) is 6.73. The Morgan fingerprint density at radius 2 is 1.73 bits per heavy atom. The van der Waals surface area contributed by atoms with Crippen LogP contribution >= 0.6 is 0 Å². The van der Waals surface area contributed by atoms with E-state index in [0.717, 1.165) is 31.7 Å². The van der Waals surface area contributed by atoms with E-state index < -0.39 is 17.6 Å². The molecule has 3 rings (SSSR count). The molecule has 1 saturated carbocycles. The van der Waals surface area contributed by atoms with Crippen LogP contribution in [-0.4, -0.2) is 0 Å². The Bertz CT molecular complexity index is 873. The van der Waals surface area contributed by atoms with Crippen LogP contribution in [0.2, 0.25) is 0 Å². The summed E-state index contributed by atoms with van der Waals surface area (Å²) in [6.07, 6.45) is 3.84. The first-order valence-corrected chi connectivity index (χ1v) is 8.83. The summed E-state index contributed by atoms with van der Waals surface area (Å²) in [5.41, 5.74) is -0.664. The molecular formula is C22H20F4. The highest BCUT2D eigenvalue weighted by Crippen LogP contribution is 2.35. The number of fused-ring (bicyclic) bond motifs is 1. The lowest BCUT2D eigenvalue weighted by molar-refractivity contribution is -0.139. The van der Waals surface area contributed by atoms with Gasteiger partial charge in [-0.3, -0.25) is 0 Å². The fraction of sp³-hybridized carbons (Fsp3) is 0.364. The van der Waals surface area contributed by atoms with Crippen molar-refractivity contribution in [3.8, 4) is 11.8 Å². The number of hydrogen-bond acceptors (Lipinski definition) is 0. The maximum absolute atomic E-state index is 14.3. The molecule has 4 heteroatoms. The first-order chi connectivity index (χ1) is 12.4. The van der Waals surface area contributed by atoms with Gasteiger partial charge in [0.1, 0.15) is 5.82 Å². The molecule has 0 radical (unpaired) electrons. The third-order valence-corrected chi connectivity index (χ3v) is 4.95. The van der Waals surface area contributed by atoms with Crippen molar-refractivity contribution in [3.05, 3.63) is 59.4 Å². The van der Waals surface area contributed by atoms with Crippen molar-refractivity contribution in [2.24, 2.45) is 11.8 Å². The molecule has 0 unspecified atom stereocenters. The average molecular weight is 360 g/mol. The summed E-state index contributed by atoms with van der Waals surface area (Å²) >= 11 is 0. The summed E-state index contributed by atoms with van der Waals surface area (Å²) in [5, 5.41) is 0.386. The zero-order chi connectivity index (χ0) is 18.7. The fourth-order valence-corrected chi connectivity index (χ4v) is 3.56. The van der Waals surface area contributed by atoms with E-state index in [1.54, 1.807) is 12.1 Å². The van der Waals surface area contributed by atoms with Gasteiger partial charge < -0.3 is 0 Å². The van der Waals surface area contributed by atoms with Crippen LogP contribution in [0.5, 0.6) is 0 Å². The van der Waals surface area contributed by atoms with Crippen LogP contribution in [-0.2, 0) is 6.18 Å². The number of alkyl halides is 3. The maximum atomic E-state index is 14.3. The summed E-state index contributed by atoms with van der Waals surface area (Å²) in [7, 11) is 0. The van der Waals surface area contributed by atoms with E-state index in [4.69, 9.17) is 0 Å². The number of allylic oxidation sites excluding steroid dienone is 2. The highest BCUT2D eigenvalue weighted by Gasteiger charge is 2.34. The lowest BCUT2D eigenvalue weighted by atomic mass is 9.82. The number of halogens is 4. The van der Waals surface area contributed by atoms with E-state index in [1.807, 2.05) is 6.92 Å². The zero-order valence-corrected chi connectivity index (χ0v) is 14.5. The molecule has 1 aliphatic carbocycles. The second-order valence-corrected chi connectivity index (χ2v) is 6.73. The van der Waals surface area contributed by atoms with Gasteiger partial charge in [-0.1, -0.05) is 42.2 Å². The molecule has 1 aliphatic rings. The van der Waals surface area contributed by atoms with Crippen LogP contribution in [0, 0.1) is 29.5 Å². The molecule has 0 nitrogen and oxygen atoms in total. The summed E-state index contributed by atoms with van der Waals surface area (Å²) in [6, 6.07) is 6.76. The van der Waals surface area contributed by atoms with Crippen molar-refractivity contribution in [2.45, 2.75) is 38.8 Å². The molecule has 0 amide bonds.